The third-order valence-corrected chi connectivity index (χ3v) is 9.87. The Morgan fingerprint density at radius 3 is 2.26 bits per heavy atom. The molecule has 0 saturated carbocycles. The smallest absolute Gasteiger partial charge is 0.335 e. The number of benzene rings is 2. The summed E-state index contributed by atoms with van der Waals surface area (Å²) in [5.41, 5.74) is 7.46. The van der Waals surface area contributed by atoms with Gasteiger partial charge in [0.25, 0.3) is 0 Å². The van der Waals surface area contributed by atoms with Crippen LogP contribution in [0.15, 0.2) is 71.5 Å². The van der Waals surface area contributed by atoms with Gasteiger partial charge in [0.15, 0.2) is 5.71 Å². The Morgan fingerprint density at radius 2 is 1.68 bits per heavy atom. The molecule has 2 aromatic carbocycles. The highest BCUT2D eigenvalue weighted by atomic mass is 28.3. The highest BCUT2D eigenvalue weighted by Gasteiger charge is 2.40. The summed E-state index contributed by atoms with van der Waals surface area (Å²) in [6.07, 6.45) is 6.76. The summed E-state index contributed by atoms with van der Waals surface area (Å²) in [7, 11) is 6.35. The fourth-order valence-electron chi connectivity index (χ4n) is 4.47. The maximum absolute atomic E-state index is 11.4. The van der Waals surface area contributed by atoms with Crippen LogP contribution in [0.2, 0.25) is 13.1 Å². The van der Waals surface area contributed by atoms with Gasteiger partial charge in [0.1, 0.15) is 22.2 Å². The van der Waals surface area contributed by atoms with Gasteiger partial charge in [-0.15, -0.1) is 0 Å². The summed E-state index contributed by atoms with van der Waals surface area (Å²) >= 11 is 0. The van der Waals surface area contributed by atoms with Crippen molar-refractivity contribution in [2.45, 2.75) is 13.1 Å². The fraction of sp³-hybridized carbons (Fsp3) is 0.231. The lowest BCUT2D eigenvalue weighted by Gasteiger charge is -2.38. The molecule has 2 aliphatic rings. The third kappa shape index (κ3) is 3.49. The number of carboxylic acids is 1. The monoisotopic (exact) mass is 429 g/mol. The Kier molecular flexibility index (Phi) is 5.10. The van der Waals surface area contributed by atoms with E-state index in [9.17, 15) is 9.90 Å². The molecule has 158 valence electrons. The van der Waals surface area contributed by atoms with Gasteiger partial charge in [0.05, 0.1) is 5.56 Å². The van der Waals surface area contributed by atoms with E-state index in [0.717, 1.165) is 5.56 Å². The van der Waals surface area contributed by atoms with Crippen LogP contribution in [0.3, 0.4) is 0 Å². The minimum atomic E-state index is -1.96. The maximum Gasteiger partial charge on any atom is 0.335 e. The summed E-state index contributed by atoms with van der Waals surface area (Å²) in [6.45, 7) is 4.85. The SMILES string of the molecule is CN(C)c1ccc2c(c1)[Si](C)(C)C1=CC(=[N+](C)C)C=CC1=C2c1ccc(C(=O)O)cc1. The van der Waals surface area contributed by atoms with Gasteiger partial charge < -0.3 is 10.0 Å². The number of fused-ring (bicyclic) bond motifs is 2. The molecule has 4 nitrogen and oxygen atoms in total. The van der Waals surface area contributed by atoms with E-state index in [-0.39, 0.29) is 0 Å². The zero-order valence-electron chi connectivity index (χ0n) is 19.0. The number of aromatic carboxylic acids is 1. The molecule has 5 heteroatoms. The van der Waals surface area contributed by atoms with Gasteiger partial charge in [-0.2, -0.15) is 0 Å². The second kappa shape index (κ2) is 7.50. The summed E-state index contributed by atoms with van der Waals surface area (Å²) in [5.74, 6) is -0.902. The highest BCUT2D eigenvalue weighted by Crippen LogP contribution is 2.41. The first-order valence-electron chi connectivity index (χ1n) is 10.5. The van der Waals surface area contributed by atoms with E-state index in [1.807, 2.05) is 12.1 Å². The van der Waals surface area contributed by atoms with Gasteiger partial charge in [0, 0.05) is 31.9 Å². The Hall–Kier alpha value is -3.18. The summed E-state index contributed by atoms with van der Waals surface area (Å²) in [6, 6.07) is 14.0. The van der Waals surface area contributed by atoms with E-state index < -0.39 is 14.0 Å². The first-order chi connectivity index (χ1) is 14.6. The van der Waals surface area contributed by atoms with Crippen LogP contribution < -0.4 is 10.1 Å². The number of rotatable bonds is 3. The van der Waals surface area contributed by atoms with E-state index in [1.54, 1.807) is 12.1 Å². The molecule has 2 aromatic rings. The van der Waals surface area contributed by atoms with Crippen LogP contribution in [0.4, 0.5) is 5.69 Å². The number of allylic oxidation sites excluding steroid dienone is 5. The van der Waals surface area contributed by atoms with Crippen molar-refractivity contribution in [1.29, 1.82) is 0 Å². The molecule has 0 fully saturated rings. The van der Waals surface area contributed by atoms with Gasteiger partial charge in [-0.05, 0) is 63.0 Å². The number of carbonyl (C=O) groups is 1. The molecule has 0 bridgehead atoms. The predicted octanol–water partition coefficient (Wildman–Crippen LogP) is 3.93. The molecule has 0 radical (unpaired) electrons. The predicted molar refractivity (Wildman–Crippen MR) is 132 cm³/mol. The molecule has 0 spiro atoms. The maximum atomic E-state index is 11.4. The second-order valence-electron chi connectivity index (χ2n) is 9.13. The van der Waals surface area contributed by atoms with E-state index in [1.165, 1.54) is 38.5 Å². The standard InChI is InChI=1S/C26H28N2O2Si/c1-27(2)19-11-13-21-23(15-19)31(5,6)24-16-20(28(3)4)12-14-22(24)25(21)17-7-9-18(10-8-17)26(29)30/h7-16H,1-6H3/p+1. The molecule has 0 amide bonds. The largest absolute Gasteiger partial charge is 0.478 e. The van der Waals surface area contributed by atoms with E-state index in [4.69, 9.17) is 0 Å². The lowest BCUT2D eigenvalue weighted by Crippen LogP contribution is -2.49. The van der Waals surface area contributed by atoms with Crippen LogP contribution in [0.5, 0.6) is 0 Å². The Morgan fingerprint density at radius 1 is 1.00 bits per heavy atom. The van der Waals surface area contributed by atoms with Crippen molar-refractivity contribution in [1.82, 2.24) is 0 Å². The Balaban J connectivity index is 2.04. The topological polar surface area (TPSA) is 43.5 Å². The van der Waals surface area contributed by atoms with Crippen molar-refractivity contribution in [3.63, 3.8) is 0 Å². The minimum absolute atomic E-state index is 0.307. The summed E-state index contributed by atoms with van der Waals surface area (Å²) in [5, 5.41) is 12.2. The normalized spacial score (nSPS) is 16.5. The second-order valence-corrected chi connectivity index (χ2v) is 13.5. The molecule has 0 atom stereocenters. The van der Waals surface area contributed by atoms with Crippen LogP contribution in [0.1, 0.15) is 21.5 Å². The molecule has 0 aromatic heterocycles. The number of hydrogen-bond donors (Lipinski definition) is 1. The van der Waals surface area contributed by atoms with Crippen molar-refractivity contribution >= 4 is 36.2 Å². The Labute approximate surface area is 185 Å². The first-order valence-corrected chi connectivity index (χ1v) is 13.5. The van der Waals surface area contributed by atoms with Crippen LogP contribution in [-0.2, 0) is 0 Å². The quantitative estimate of drug-likeness (QED) is 0.594. The van der Waals surface area contributed by atoms with E-state index >= 15 is 0 Å². The van der Waals surface area contributed by atoms with Crippen molar-refractivity contribution in [3.05, 3.63) is 88.2 Å². The molecule has 0 unspecified atom stereocenters. The highest BCUT2D eigenvalue weighted by molar-refractivity contribution is 6.98. The van der Waals surface area contributed by atoms with Crippen molar-refractivity contribution < 1.29 is 14.5 Å². The third-order valence-electron chi connectivity index (χ3n) is 6.34. The van der Waals surface area contributed by atoms with Crippen molar-refractivity contribution in [2.24, 2.45) is 0 Å². The van der Waals surface area contributed by atoms with Crippen molar-refractivity contribution in [2.75, 3.05) is 33.1 Å². The molecule has 31 heavy (non-hydrogen) atoms. The number of anilines is 1. The number of nitrogens with zero attached hydrogens (tertiary/aromatic N) is 2. The van der Waals surface area contributed by atoms with Gasteiger partial charge in [-0.1, -0.05) is 31.3 Å². The molecular formula is C26H29N2O2Si+. The molecule has 1 heterocycles. The van der Waals surface area contributed by atoms with Gasteiger partial charge >= 0.3 is 5.97 Å². The number of carboxylic acid groups (broad SMARTS) is 1. The van der Waals surface area contributed by atoms with Gasteiger partial charge in [-0.25, -0.2) is 9.37 Å². The van der Waals surface area contributed by atoms with E-state index in [2.05, 4.69) is 87.2 Å². The summed E-state index contributed by atoms with van der Waals surface area (Å²) < 4.78 is 2.15. The fourth-order valence-corrected chi connectivity index (χ4v) is 7.54. The zero-order chi connectivity index (χ0) is 22.5. The van der Waals surface area contributed by atoms with Crippen LogP contribution in [0, 0.1) is 0 Å². The van der Waals surface area contributed by atoms with Gasteiger partial charge in [0.2, 0.25) is 0 Å². The lowest BCUT2D eigenvalue weighted by atomic mass is 9.89. The number of hydrogen-bond acceptors (Lipinski definition) is 2. The Bertz CT molecular complexity index is 1210. The first kappa shape index (κ1) is 21.1. The lowest BCUT2D eigenvalue weighted by molar-refractivity contribution is -0.462. The molecule has 0 saturated heterocycles. The van der Waals surface area contributed by atoms with Crippen LogP contribution in [-0.4, -0.2) is 57.6 Å². The molecule has 1 aliphatic heterocycles. The average Bonchev–Trinajstić information content (AvgIpc) is 2.73. The zero-order valence-corrected chi connectivity index (χ0v) is 20.0. The molecular weight excluding hydrogens is 400 g/mol. The molecule has 1 aliphatic carbocycles. The molecule has 4 rings (SSSR count). The summed E-state index contributed by atoms with van der Waals surface area (Å²) in [4.78, 5) is 13.5. The van der Waals surface area contributed by atoms with Gasteiger partial charge in [-0.3, -0.25) is 0 Å². The molecule has 1 N–H and O–H groups in total. The average molecular weight is 430 g/mol. The van der Waals surface area contributed by atoms with Crippen LogP contribution >= 0.6 is 0 Å². The van der Waals surface area contributed by atoms with E-state index in [0.29, 0.717) is 5.56 Å². The minimum Gasteiger partial charge on any atom is -0.478 e. The van der Waals surface area contributed by atoms with Crippen molar-refractivity contribution in [3.8, 4) is 0 Å². The van der Waals surface area contributed by atoms with Crippen LogP contribution in [0.25, 0.3) is 5.57 Å².